The molecule has 2 aromatic carbocycles. The molecular formula is C28H29F3N4O4. The van der Waals surface area contributed by atoms with Crippen molar-refractivity contribution in [1.82, 2.24) is 14.5 Å². The van der Waals surface area contributed by atoms with Crippen LogP contribution in [0, 0.1) is 0 Å². The van der Waals surface area contributed by atoms with Gasteiger partial charge in [0, 0.05) is 42.9 Å². The molecule has 1 aromatic heterocycles. The average molecular weight is 543 g/mol. The van der Waals surface area contributed by atoms with Crippen LogP contribution in [0.5, 0.6) is 0 Å². The van der Waals surface area contributed by atoms with E-state index < -0.39 is 35.3 Å². The lowest BCUT2D eigenvalue weighted by molar-refractivity contribution is -0.155. The minimum absolute atomic E-state index is 0.0353. The number of carbonyl (C=O) groups excluding carboxylic acids is 3. The van der Waals surface area contributed by atoms with E-state index in [4.69, 9.17) is 10.5 Å². The van der Waals surface area contributed by atoms with Crippen LogP contribution in [0.4, 0.5) is 13.2 Å². The molecule has 0 fully saturated rings. The van der Waals surface area contributed by atoms with Crippen LogP contribution in [0.1, 0.15) is 55.1 Å². The normalized spacial score (nSPS) is 14.3. The number of nitrogens with zero attached hydrogens (tertiary/aromatic N) is 3. The highest BCUT2D eigenvalue weighted by Gasteiger charge is 2.36. The van der Waals surface area contributed by atoms with Crippen molar-refractivity contribution in [3.8, 4) is 22.6 Å². The number of imidazole rings is 1. The van der Waals surface area contributed by atoms with Crippen molar-refractivity contribution in [3.05, 3.63) is 65.4 Å². The molecule has 0 bridgehead atoms. The van der Waals surface area contributed by atoms with Crippen molar-refractivity contribution in [2.24, 2.45) is 12.8 Å². The summed E-state index contributed by atoms with van der Waals surface area (Å²) in [4.78, 5) is 43.4. The van der Waals surface area contributed by atoms with Gasteiger partial charge in [-0.1, -0.05) is 18.2 Å². The van der Waals surface area contributed by atoms with E-state index in [0.29, 0.717) is 33.8 Å². The lowest BCUT2D eigenvalue weighted by Gasteiger charge is -2.25. The molecular weight excluding hydrogens is 513 g/mol. The Hall–Kier alpha value is -4.15. The fraction of sp³-hybridized carbons (Fsp3) is 0.357. The predicted molar refractivity (Wildman–Crippen MR) is 137 cm³/mol. The number of halogens is 3. The van der Waals surface area contributed by atoms with Crippen molar-refractivity contribution in [3.63, 3.8) is 0 Å². The second-order valence-electron chi connectivity index (χ2n) is 10.5. The second-order valence-corrected chi connectivity index (χ2v) is 10.5. The summed E-state index contributed by atoms with van der Waals surface area (Å²) in [6.45, 7) is 5.34. The number of nitrogens with two attached hydrogens (primary N) is 1. The van der Waals surface area contributed by atoms with Gasteiger partial charge in [-0.05, 0) is 57.0 Å². The maximum Gasteiger partial charge on any atom is 0.416 e. The molecule has 1 aliphatic rings. The summed E-state index contributed by atoms with van der Waals surface area (Å²) in [5.74, 6) is -1.09. The van der Waals surface area contributed by atoms with Crippen LogP contribution in [0.3, 0.4) is 0 Å². The molecule has 0 saturated heterocycles. The van der Waals surface area contributed by atoms with Gasteiger partial charge >= 0.3 is 12.1 Å². The summed E-state index contributed by atoms with van der Waals surface area (Å²) in [5, 5.41) is 0. The predicted octanol–water partition coefficient (Wildman–Crippen LogP) is 4.70. The van der Waals surface area contributed by atoms with Crippen LogP contribution in [0.2, 0.25) is 0 Å². The molecule has 1 aliphatic heterocycles. The van der Waals surface area contributed by atoms with Crippen molar-refractivity contribution < 1.29 is 32.3 Å². The van der Waals surface area contributed by atoms with Gasteiger partial charge in [0.05, 0.1) is 11.3 Å². The maximum absolute atomic E-state index is 13.1. The number of alkyl halides is 3. The Kier molecular flexibility index (Phi) is 7.29. The van der Waals surface area contributed by atoms with E-state index in [9.17, 15) is 27.6 Å². The van der Waals surface area contributed by atoms with Crippen LogP contribution in [-0.2, 0) is 34.1 Å². The van der Waals surface area contributed by atoms with Gasteiger partial charge in [0.25, 0.3) is 5.91 Å². The first kappa shape index (κ1) is 27.9. The highest BCUT2D eigenvalue weighted by atomic mass is 19.4. The van der Waals surface area contributed by atoms with Crippen molar-refractivity contribution >= 4 is 17.8 Å². The number of benzene rings is 2. The third-order valence-electron chi connectivity index (χ3n) is 6.33. The highest BCUT2D eigenvalue weighted by molar-refractivity contribution is 6.01. The summed E-state index contributed by atoms with van der Waals surface area (Å²) in [5.41, 5.74) is 7.05. The minimum Gasteiger partial charge on any atom is -0.460 e. The Labute approximate surface area is 223 Å². The van der Waals surface area contributed by atoms with Gasteiger partial charge in [-0.15, -0.1) is 0 Å². The van der Waals surface area contributed by atoms with Gasteiger partial charge in [-0.25, -0.2) is 4.98 Å². The Bertz CT molecular complexity index is 1420. The van der Waals surface area contributed by atoms with Crippen LogP contribution < -0.4 is 5.73 Å². The Morgan fingerprint density at radius 2 is 1.72 bits per heavy atom. The van der Waals surface area contributed by atoms with E-state index >= 15 is 0 Å². The summed E-state index contributed by atoms with van der Waals surface area (Å²) < 4.78 is 45.8. The van der Waals surface area contributed by atoms with Gasteiger partial charge in [0.1, 0.15) is 17.5 Å². The van der Waals surface area contributed by atoms with Crippen LogP contribution in [-0.4, -0.2) is 43.9 Å². The van der Waals surface area contributed by atoms with E-state index in [1.54, 1.807) is 56.8 Å². The number of hydrogen-bond acceptors (Lipinski definition) is 5. The monoisotopic (exact) mass is 542 g/mol. The molecule has 0 aliphatic carbocycles. The second kappa shape index (κ2) is 10.2. The quantitative estimate of drug-likeness (QED) is 0.436. The first-order valence-corrected chi connectivity index (χ1v) is 12.3. The fourth-order valence-electron chi connectivity index (χ4n) is 4.54. The molecule has 0 saturated carbocycles. The lowest BCUT2D eigenvalue weighted by atomic mass is 10.0. The minimum atomic E-state index is -4.43. The molecule has 0 radical (unpaired) electrons. The Morgan fingerprint density at radius 1 is 1.08 bits per heavy atom. The fourth-order valence-corrected chi connectivity index (χ4v) is 4.54. The maximum atomic E-state index is 13.1. The van der Waals surface area contributed by atoms with Gasteiger partial charge in [-0.2, -0.15) is 13.2 Å². The number of rotatable bonds is 7. The van der Waals surface area contributed by atoms with Crippen LogP contribution in [0.25, 0.3) is 22.6 Å². The van der Waals surface area contributed by atoms with E-state index in [2.05, 4.69) is 4.98 Å². The molecule has 4 rings (SSSR count). The molecule has 0 spiro atoms. The third-order valence-corrected chi connectivity index (χ3v) is 6.33. The summed E-state index contributed by atoms with van der Waals surface area (Å²) in [6, 6.07) is 8.93. The van der Waals surface area contributed by atoms with Crippen LogP contribution in [0.15, 0.2) is 48.7 Å². The van der Waals surface area contributed by atoms with E-state index in [1.807, 2.05) is 0 Å². The molecule has 0 unspecified atom stereocenters. The number of aromatic nitrogens is 2. The van der Waals surface area contributed by atoms with Crippen molar-refractivity contribution in [1.29, 1.82) is 0 Å². The topological polar surface area (TPSA) is 108 Å². The number of primary amides is 1. The number of ether oxygens (including phenoxy) is 1. The molecule has 2 N–H and O–H groups in total. The van der Waals surface area contributed by atoms with Gasteiger partial charge < -0.3 is 19.9 Å². The van der Waals surface area contributed by atoms with Crippen molar-refractivity contribution in [2.75, 3.05) is 0 Å². The first-order chi connectivity index (χ1) is 18.1. The highest BCUT2D eigenvalue weighted by Crippen LogP contribution is 2.33. The number of esters is 1. The smallest absolute Gasteiger partial charge is 0.416 e. The molecule has 3 aromatic rings. The van der Waals surface area contributed by atoms with Crippen LogP contribution >= 0.6 is 0 Å². The summed E-state index contributed by atoms with van der Waals surface area (Å²) in [7, 11) is 1.74. The zero-order valence-corrected chi connectivity index (χ0v) is 22.0. The Morgan fingerprint density at radius 3 is 2.31 bits per heavy atom. The van der Waals surface area contributed by atoms with E-state index in [1.165, 1.54) is 17.0 Å². The number of amides is 2. The summed E-state index contributed by atoms with van der Waals surface area (Å²) >= 11 is 0. The number of fused-ring (bicyclic) bond motifs is 1. The molecule has 11 heteroatoms. The SMILES string of the molecule is Cn1cc(-c2ccc3c(c2)CN([C@@H](CCC(=O)OC(C)(C)C)C(N)=O)C3=O)nc1-c1ccc(C(F)(F)F)cc1. The largest absolute Gasteiger partial charge is 0.460 e. The van der Waals surface area contributed by atoms with E-state index in [0.717, 1.165) is 12.1 Å². The zero-order valence-electron chi connectivity index (χ0n) is 22.0. The van der Waals surface area contributed by atoms with Crippen molar-refractivity contribution in [2.45, 2.75) is 58.0 Å². The Balaban J connectivity index is 1.53. The number of hydrogen-bond donors (Lipinski definition) is 1. The van der Waals surface area contributed by atoms with Gasteiger partial charge in [-0.3, -0.25) is 14.4 Å². The molecule has 2 heterocycles. The van der Waals surface area contributed by atoms with Gasteiger partial charge in [0.15, 0.2) is 0 Å². The molecule has 8 nitrogen and oxygen atoms in total. The summed E-state index contributed by atoms with van der Waals surface area (Å²) in [6.07, 6.45) is -2.72. The number of carbonyl (C=O) groups is 3. The zero-order chi connectivity index (χ0) is 28.7. The van der Waals surface area contributed by atoms with Gasteiger partial charge in [0.2, 0.25) is 5.91 Å². The first-order valence-electron chi connectivity index (χ1n) is 12.3. The molecule has 2 amide bonds. The molecule has 206 valence electrons. The number of aryl methyl sites for hydroxylation is 1. The average Bonchev–Trinajstić information content (AvgIpc) is 3.37. The molecule has 39 heavy (non-hydrogen) atoms. The van der Waals surface area contributed by atoms with E-state index in [-0.39, 0.29) is 25.3 Å². The molecule has 1 atom stereocenters. The standard InChI is InChI=1S/C28H29F3N4O4/c1-27(2,3)39-23(36)12-11-22(24(32)37)35-14-18-13-17(7-10-20(18)26(35)38)21-15-34(4)25(33-21)16-5-8-19(9-6-16)28(29,30)31/h5-10,13,15,22H,11-12,14H2,1-4H3,(H2,32,37)/t22-/m0/s1. The lowest BCUT2D eigenvalue weighted by Crippen LogP contribution is -2.45. The third kappa shape index (κ3) is 6.13.